The van der Waals surface area contributed by atoms with Crippen molar-refractivity contribution in [2.75, 3.05) is 0 Å². The lowest BCUT2D eigenvalue weighted by Crippen LogP contribution is -2.40. The number of rotatable bonds is 7. The monoisotopic (exact) mass is 296 g/mol. The first-order chi connectivity index (χ1) is 8.90. The van der Waals surface area contributed by atoms with Crippen molar-refractivity contribution >= 4 is 11.9 Å². The summed E-state index contributed by atoms with van der Waals surface area (Å²) in [6.07, 6.45) is -2.15. The maximum Gasteiger partial charge on any atom is 0.313 e. The molecule has 0 atom stereocenters. The third-order valence-corrected chi connectivity index (χ3v) is 2.51. The fourth-order valence-electron chi connectivity index (χ4n) is 1.03. The molecule has 0 N–H and O–H groups in total. The number of carbonyl (C=O) groups is 2. The van der Waals surface area contributed by atoms with Crippen molar-refractivity contribution in [1.82, 2.24) is 0 Å². The highest BCUT2D eigenvalue weighted by atomic mass is 19.3. The molecule has 0 aliphatic rings. The van der Waals surface area contributed by atoms with E-state index in [-0.39, 0.29) is 0 Å². The second kappa shape index (κ2) is 6.53. The average molecular weight is 296 g/mol. The van der Waals surface area contributed by atoms with Crippen LogP contribution in [0, 0.1) is 0 Å². The van der Waals surface area contributed by atoms with E-state index in [1.165, 1.54) is 0 Å². The molecule has 0 heterocycles. The van der Waals surface area contributed by atoms with Crippen LogP contribution >= 0.6 is 0 Å². The fourth-order valence-corrected chi connectivity index (χ4v) is 1.03. The van der Waals surface area contributed by atoms with Crippen molar-refractivity contribution in [3.8, 4) is 0 Å². The Morgan fingerprint density at radius 2 is 1.10 bits per heavy atom. The molecule has 4 nitrogen and oxygen atoms in total. The van der Waals surface area contributed by atoms with E-state index in [9.17, 15) is 37.4 Å². The van der Waals surface area contributed by atoms with Crippen molar-refractivity contribution in [3.63, 3.8) is 0 Å². The van der Waals surface area contributed by atoms with E-state index in [4.69, 9.17) is 0 Å². The molecular weight excluding hydrogens is 284 g/mol. The second-order valence-corrected chi connectivity index (χ2v) is 4.17. The van der Waals surface area contributed by atoms with Crippen LogP contribution in [-0.2, 0) is 9.59 Å². The molecule has 8 heteroatoms. The summed E-state index contributed by atoms with van der Waals surface area (Å²) in [5.74, 6) is -12.5. The van der Waals surface area contributed by atoms with E-state index < -0.39 is 47.8 Å². The van der Waals surface area contributed by atoms with E-state index in [1.807, 2.05) is 0 Å². The van der Waals surface area contributed by atoms with Crippen LogP contribution in [0.1, 0.15) is 26.7 Å². The van der Waals surface area contributed by atoms with Gasteiger partial charge in [0, 0.05) is 12.8 Å². The highest BCUT2D eigenvalue weighted by Gasteiger charge is 2.54. The standard InChI is InChI=1S/C12H14F4O4/c1-7(9(17)18)3-5-11(13,14)12(15,16)6-4-8(2)10(19)20/h3-4H,5-6H2,1-2H3,(H,17,18)(H,19,20)/p-2/b7-3+,8-4+. The Kier molecular flexibility index (Phi) is 5.93. The number of hydrogen-bond donors (Lipinski definition) is 0. The Labute approximate surface area is 112 Å². The normalized spacial score (nSPS) is 14.3. The number of allylic oxidation sites excluding steroid dienone is 2. The van der Waals surface area contributed by atoms with Gasteiger partial charge in [-0.2, -0.15) is 17.6 Å². The zero-order chi connectivity index (χ0) is 16.1. The number of alkyl halides is 4. The van der Waals surface area contributed by atoms with E-state index in [0.29, 0.717) is 12.2 Å². The molecular formula is C12H12F4O4-2. The molecule has 0 aromatic rings. The summed E-state index contributed by atoms with van der Waals surface area (Å²) in [6.45, 7) is 1.87. The molecule has 20 heavy (non-hydrogen) atoms. The van der Waals surface area contributed by atoms with Crippen LogP contribution in [0.25, 0.3) is 0 Å². The van der Waals surface area contributed by atoms with Crippen LogP contribution < -0.4 is 10.2 Å². The van der Waals surface area contributed by atoms with Crippen molar-refractivity contribution in [2.45, 2.75) is 38.5 Å². The lowest BCUT2D eigenvalue weighted by Gasteiger charge is -2.25. The van der Waals surface area contributed by atoms with Crippen molar-refractivity contribution in [3.05, 3.63) is 23.3 Å². The quantitative estimate of drug-likeness (QED) is 0.504. The van der Waals surface area contributed by atoms with Gasteiger partial charge in [-0.25, -0.2) is 0 Å². The Bertz CT molecular complexity index is 410. The maximum absolute atomic E-state index is 13.3. The minimum Gasteiger partial charge on any atom is -0.545 e. The van der Waals surface area contributed by atoms with Crippen molar-refractivity contribution in [1.29, 1.82) is 0 Å². The lowest BCUT2D eigenvalue weighted by atomic mass is 10.0. The van der Waals surface area contributed by atoms with Gasteiger partial charge in [-0.05, 0) is 25.0 Å². The predicted octanol–water partition coefficient (Wildman–Crippen LogP) is 0.430. The third-order valence-electron chi connectivity index (χ3n) is 2.51. The van der Waals surface area contributed by atoms with Crippen LogP contribution in [0.3, 0.4) is 0 Å². The van der Waals surface area contributed by atoms with Gasteiger partial charge in [-0.3, -0.25) is 0 Å². The highest BCUT2D eigenvalue weighted by molar-refractivity contribution is 5.84. The molecule has 0 amide bonds. The molecule has 0 aromatic heterocycles. The first-order valence-electron chi connectivity index (χ1n) is 5.42. The van der Waals surface area contributed by atoms with Crippen LogP contribution in [0.15, 0.2) is 23.3 Å². The van der Waals surface area contributed by atoms with Gasteiger partial charge in [-0.15, -0.1) is 0 Å². The molecule has 0 fully saturated rings. The fraction of sp³-hybridized carbons (Fsp3) is 0.500. The summed E-state index contributed by atoms with van der Waals surface area (Å²) in [7, 11) is 0. The van der Waals surface area contributed by atoms with Gasteiger partial charge in [0.15, 0.2) is 0 Å². The number of aliphatic carboxylic acids is 2. The van der Waals surface area contributed by atoms with Gasteiger partial charge < -0.3 is 19.8 Å². The lowest BCUT2D eigenvalue weighted by molar-refractivity contribution is -0.300. The van der Waals surface area contributed by atoms with E-state index in [2.05, 4.69) is 0 Å². The van der Waals surface area contributed by atoms with Crippen LogP contribution in [0.2, 0.25) is 0 Å². The number of carboxylic acid groups (broad SMARTS) is 2. The number of halogens is 4. The first kappa shape index (κ1) is 18.1. The Morgan fingerprint density at radius 3 is 1.30 bits per heavy atom. The van der Waals surface area contributed by atoms with Gasteiger partial charge in [-0.1, -0.05) is 12.2 Å². The van der Waals surface area contributed by atoms with Crippen LogP contribution in [0.5, 0.6) is 0 Å². The summed E-state index contributed by atoms with van der Waals surface area (Å²) in [6, 6.07) is 0. The second-order valence-electron chi connectivity index (χ2n) is 4.17. The van der Waals surface area contributed by atoms with Crippen molar-refractivity contribution in [2.24, 2.45) is 0 Å². The number of hydrogen-bond acceptors (Lipinski definition) is 4. The SMILES string of the molecule is C/C(=C\CC(F)(F)C(F)(F)C/C=C(\C)C(=O)[O-])C(=O)[O-]. The molecule has 0 aliphatic carbocycles. The summed E-state index contributed by atoms with van der Waals surface area (Å²) >= 11 is 0. The highest BCUT2D eigenvalue weighted by Crippen LogP contribution is 2.40. The zero-order valence-electron chi connectivity index (χ0n) is 10.7. The molecule has 0 saturated heterocycles. The molecule has 0 aromatic carbocycles. The number of carbonyl (C=O) groups excluding carboxylic acids is 2. The van der Waals surface area contributed by atoms with Gasteiger partial charge >= 0.3 is 11.8 Å². The molecule has 0 radical (unpaired) electrons. The molecule has 0 spiro atoms. The Hall–Kier alpha value is -1.86. The Morgan fingerprint density at radius 1 is 0.850 bits per heavy atom. The zero-order valence-corrected chi connectivity index (χ0v) is 10.7. The molecule has 0 rings (SSSR count). The minimum atomic E-state index is -4.52. The molecule has 114 valence electrons. The van der Waals surface area contributed by atoms with Gasteiger partial charge in [0.2, 0.25) is 0 Å². The third kappa shape index (κ3) is 5.02. The summed E-state index contributed by atoms with van der Waals surface area (Å²) in [5, 5.41) is 20.5. The predicted molar refractivity (Wildman–Crippen MR) is 56.7 cm³/mol. The van der Waals surface area contributed by atoms with E-state index >= 15 is 0 Å². The molecule has 0 saturated carbocycles. The molecule has 0 unspecified atom stereocenters. The average Bonchev–Trinajstić information content (AvgIpc) is 2.32. The summed E-state index contributed by atoms with van der Waals surface area (Å²) < 4.78 is 53.1. The topological polar surface area (TPSA) is 80.3 Å². The number of carboxylic acids is 2. The maximum atomic E-state index is 13.3. The summed E-state index contributed by atoms with van der Waals surface area (Å²) in [5.41, 5.74) is -1.19. The van der Waals surface area contributed by atoms with Crippen LogP contribution in [0.4, 0.5) is 17.6 Å². The molecule has 0 aliphatic heterocycles. The smallest absolute Gasteiger partial charge is 0.313 e. The largest absolute Gasteiger partial charge is 0.545 e. The molecule has 0 bridgehead atoms. The van der Waals surface area contributed by atoms with Crippen molar-refractivity contribution < 1.29 is 37.4 Å². The minimum absolute atomic E-state index is 0.429. The van der Waals surface area contributed by atoms with Gasteiger partial charge in [0.05, 0.1) is 11.9 Å². The van der Waals surface area contributed by atoms with Gasteiger partial charge in [0.1, 0.15) is 0 Å². The first-order valence-corrected chi connectivity index (χ1v) is 5.42. The van der Waals surface area contributed by atoms with E-state index in [0.717, 1.165) is 13.8 Å². The van der Waals surface area contributed by atoms with E-state index in [1.54, 1.807) is 0 Å². The van der Waals surface area contributed by atoms with Crippen LogP contribution in [-0.4, -0.2) is 23.8 Å². The summed E-state index contributed by atoms with van der Waals surface area (Å²) in [4.78, 5) is 20.5. The van der Waals surface area contributed by atoms with Gasteiger partial charge in [0.25, 0.3) is 0 Å². The Balaban J connectivity index is 4.98.